The second kappa shape index (κ2) is 7.55. The Kier molecular flexibility index (Phi) is 4.95. The molecule has 1 unspecified atom stereocenters. The van der Waals surface area contributed by atoms with Gasteiger partial charge in [0.25, 0.3) is 5.91 Å². The lowest BCUT2D eigenvalue weighted by Gasteiger charge is -2.36. The lowest BCUT2D eigenvalue weighted by molar-refractivity contribution is 0.0551. The van der Waals surface area contributed by atoms with Gasteiger partial charge in [-0.2, -0.15) is 4.98 Å². The van der Waals surface area contributed by atoms with Crippen LogP contribution in [-0.2, 0) is 0 Å². The lowest BCUT2D eigenvalue weighted by Crippen LogP contribution is -2.49. The summed E-state index contributed by atoms with van der Waals surface area (Å²) in [6.45, 7) is 6.35. The minimum atomic E-state index is -0.260. The number of amides is 1. The highest BCUT2D eigenvalue weighted by atomic mass is 19.1. The first-order valence-electron chi connectivity index (χ1n) is 9.18. The molecule has 146 valence electrons. The van der Waals surface area contributed by atoms with Crippen LogP contribution < -0.4 is 0 Å². The van der Waals surface area contributed by atoms with E-state index in [9.17, 15) is 9.18 Å². The number of piperazine rings is 1. The molecule has 4 rings (SSSR count). The Bertz CT molecular complexity index is 962. The molecule has 28 heavy (non-hydrogen) atoms. The van der Waals surface area contributed by atoms with E-state index in [1.54, 1.807) is 25.1 Å². The van der Waals surface area contributed by atoms with Crippen LogP contribution in [0.5, 0.6) is 0 Å². The Balaban J connectivity index is 1.40. The highest BCUT2D eigenvalue weighted by Gasteiger charge is 2.28. The minimum absolute atomic E-state index is 0.0205. The molecule has 1 fully saturated rings. The first-order chi connectivity index (χ1) is 13.5. The van der Waals surface area contributed by atoms with E-state index < -0.39 is 0 Å². The van der Waals surface area contributed by atoms with Gasteiger partial charge in [-0.15, -0.1) is 0 Å². The summed E-state index contributed by atoms with van der Waals surface area (Å²) in [6, 6.07) is 6.35. The third-order valence-corrected chi connectivity index (χ3v) is 5.13. The van der Waals surface area contributed by atoms with Crippen LogP contribution in [0.2, 0.25) is 0 Å². The second-order valence-electron chi connectivity index (χ2n) is 6.94. The third kappa shape index (κ3) is 3.55. The van der Waals surface area contributed by atoms with Crippen LogP contribution in [0.1, 0.15) is 34.8 Å². The third-order valence-electron chi connectivity index (χ3n) is 5.13. The summed E-state index contributed by atoms with van der Waals surface area (Å²) in [5, 5.41) is 4.04. The van der Waals surface area contributed by atoms with Crippen molar-refractivity contribution in [2.24, 2.45) is 0 Å². The van der Waals surface area contributed by atoms with Gasteiger partial charge in [0.2, 0.25) is 11.7 Å². The Hall–Kier alpha value is -3.00. The van der Waals surface area contributed by atoms with Crippen LogP contribution in [0.3, 0.4) is 0 Å². The maximum atomic E-state index is 13.5. The molecule has 7 nitrogen and oxygen atoms in total. The smallest absolute Gasteiger partial charge is 0.257 e. The van der Waals surface area contributed by atoms with Gasteiger partial charge in [0.1, 0.15) is 12.1 Å². The average Bonchev–Trinajstić information content (AvgIpc) is 3.41. The predicted molar refractivity (Wildman–Crippen MR) is 99.0 cm³/mol. The van der Waals surface area contributed by atoms with Crippen LogP contribution in [0, 0.1) is 12.7 Å². The van der Waals surface area contributed by atoms with Gasteiger partial charge in [0, 0.05) is 31.7 Å². The highest BCUT2D eigenvalue weighted by molar-refractivity contribution is 5.93. The van der Waals surface area contributed by atoms with E-state index in [0.717, 1.165) is 5.56 Å². The van der Waals surface area contributed by atoms with E-state index in [1.807, 2.05) is 11.8 Å². The summed E-state index contributed by atoms with van der Waals surface area (Å²) in [5.41, 5.74) is 1.82. The maximum Gasteiger partial charge on any atom is 0.257 e. The van der Waals surface area contributed by atoms with Gasteiger partial charge in [-0.3, -0.25) is 9.69 Å². The number of rotatable bonds is 4. The predicted octanol–water partition coefficient (Wildman–Crippen LogP) is 3.30. The lowest BCUT2D eigenvalue weighted by atomic mass is 10.1. The molecule has 0 radical (unpaired) electrons. The summed E-state index contributed by atoms with van der Waals surface area (Å²) in [6.07, 6.45) is 2.97. The number of carbonyl (C=O) groups excluding carboxylic acids is 1. The molecule has 8 heteroatoms. The molecule has 1 aliphatic rings. The van der Waals surface area contributed by atoms with Crippen molar-refractivity contribution in [3.63, 3.8) is 0 Å². The molecule has 0 saturated carbocycles. The van der Waals surface area contributed by atoms with Crippen LogP contribution in [0.4, 0.5) is 4.39 Å². The van der Waals surface area contributed by atoms with E-state index in [0.29, 0.717) is 49.0 Å². The number of hydrogen-bond donors (Lipinski definition) is 0. The minimum Gasteiger partial charge on any atom is -0.472 e. The normalized spacial score (nSPS) is 16.3. The Labute approximate surface area is 161 Å². The number of hydrogen-bond acceptors (Lipinski definition) is 6. The number of furan rings is 1. The molecule has 3 aromatic rings. The zero-order valence-electron chi connectivity index (χ0n) is 15.8. The number of aryl methyl sites for hydroxylation is 1. The van der Waals surface area contributed by atoms with Gasteiger partial charge in [0.05, 0.1) is 17.9 Å². The van der Waals surface area contributed by atoms with Crippen molar-refractivity contribution >= 4 is 5.91 Å². The molecule has 0 spiro atoms. The summed E-state index contributed by atoms with van der Waals surface area (Å²) >= 11 is 0. The summed E-state index contributed by atoms with van der Waals surface area (Å²) in [7, 11) is 0. The Morgan fingerprint density at radius 1 is 1.21 bits per heavy atom. The number of aromatic nitrogens is 2. The first-order valence-corrected chi connectivity index (χ1v) is 9.18. The molecule has 1 atom stereocenters. The molecule has 0 N–H and O–H groups in total. The fourth-order valence-electron chi connectivity index (χ4n) is 3.34. The number of carbonyl (C=O) groups is 1. The quantitative estimate of drug-likeness (QED) is 0.687. The second-order valence-corrected chi connectivity index (χ2v) is 6.94. The number of nitrogens with zero attached hydrogens (tertiary/aromatic N) is 4. The van der Waals surface area contributed by atoms with Gasteiger partial charge in [0.15, 0.2) is 0 Å². The summed E-state index contributed by atoms with van der Waals surface area (Å²) in [5.74, 6) is 0.668. The fourth-order valence-corrected chi connectivity index (χ4v) is 3.34. The molecular weight excluding hydrogens is 363 g/mol. The first kappa shape index (κ1) is 18.4. The summed E-state index contributed by atoms with van der Waals surface area (Å²) in [4.78, 5) is 20.9. The number of benzene rings is 1. The molecule has 3 heterocycles. The highest BCUT2D eigenvalue weighted by Crippen LogP contribution is 2.25. The maximum absolute atomic E-state index is 13.5. The zero-order chi connectivity index (χ0) is 19.7. The molecular formula is C20H21FN4O3. The number of halogens is 1. The molecule has 1 amide bonds. The van der Waals surface area contributed by atoms with Gasteiger partial charge in [-0.25, -0.2) is 4.39 Å². The van der Waals surface area contributed by atoms with Crippen molar-refractivity contribution in [1.29, 1.82) is 0 Å². The Morgan fingerprint density at radius 2 is 2.00 bits per heavy atom. The van der Waals surface area contributed by atoms with Crippen LogP contribution in [0.15, 0.2) is 45.7 Å². The van der Waals surface area contributed by atoms with E-state index in [2.05, 4.69) is 15.0 Å². The van der Waals surface area contributed by atoms with Crippen molar-refractivity contribution in [2.75, 3.05) is 26.2 Å². The Morgan fingerprint density at radius 3 is 2.68 bits per heavy atom. The van der Waals surface area contributed by atoms with Gasteiger partial charge in [-0.1, -0.05) is 5.16 Å². The van der Waals surface area contributed by atoms with Crippen LogP contribution in [0.25, 0.3) is 11.4 Å². The van der Waals surface area contributed by atoms with Crippen molar-refractivity contribution in [2.45, 2.75) is 19.9 Å². The van der Waals surface area contributed by atoms with Crippen molar-refractivity contribution in [1.82, 2.24) is 19.9 Å². The van der Waals surface area contributed by atoms with Gasteiger partial charge in [-0.05, 0) is 43.7 Å². The van der Waals surface area contributed by atoms with E-state index >= 15 is 0 Å². The van der Waals surface area contributed by atoms with E-state index in [1.165, 1.54) is 18.6 Å². The van der Waals surface area contributed by atoms with Crippen molar-refractivity contribution < 1.29 is 18.1 Å². The standard InChI is InChI=1S/C20H21FN4O3/c1-13-11-15(3-4-17(13)21)18-22-19(28-23-18)14(2)24-6-8-25(9-7-24)20(26)16-5-10-27-12-16/h3-5,10-12,14H,6-9H2,1-2H3. The monoisotopic (exact) mass is 384 g/mol. The van der Waals surface area contributed by atoms with E-state index in [4.69, 9.17) is 8.94 Å². The molecule has 2 aromatic heterocycles. The SMILES string of the molecule is Cc1cc(-c2noc(C(C)N3CCN(C(=O)c4ccoc4)CC3)n2)ccc1F. The molecule has 0 bridgehead atoms. The van der Waals surface area contributed by atoms with Gasteiger partial charge < -0.3 is 13.8 Å². The summed E-state index contributed by atoms with van der Waals surface area (Å²) < 4.78 is 23.9. The molecule has 1 aliphatic heterocycles. The molecule has 1 saturated heterocycles. The fraction of sp³-hybridized carbons (Fsp3) is 0.350. The largest absolute Gasteiger partial charge is 0.472 e. The van der Waals surface area contributed by atoms with Crippen LogP contribution in [-0.4, -0.2) is 52.0 Å². The topological polar surface area (TPSA) is 75.6 Å². The molecule has 0 aliphatic carbocycles. The van der Waals surface area contributed by atoms with Gasteiger partial charge >= 0.3 is 0 Å². The molecule has 1 aromatic carbocycles. The van der Waals surface area contributed by atoms with Crippen LogP contribution >= 0.6 is 0 Å². The average molecular weight is 384 g/mol. The van der Waals surface area contributed by atoms with E-state index in [-0.39, 0.29) is 17.8 Å². The zero-order valence-corrected chi connectivity index (χ0v) is 15.8. The van der Waals surface area contributed by atoms with Crippen molar-refractivity contribution in [3.05, 3.63) is 59.6 Å². The van der Waals surface area contributed by atoms with Crippen molar-refractivity contribution in [3.8, 4) is 11.4 Å².